The van der Waals surface area contributed by atoms with Crippen LogP contribution < -0.4 is 15.0 Å². The number of nitrogens with zero attached hydrogens (tertiary/aromatic N) is 2. The molecule has 1 saturated heterocycles. The van der Waals surface area contributed by atoms with E-state index in [0.29, 0.717) is 0 Å². The van der Waals surface area contributed by atoms with Gasteiger partial charge in [-0.25, -0.2) is 4.98 Å². The molecule has 0 unspecified atom stereocenters. The van der Waals surface area contributed by atoms with Gasteiger partial charge in [0.2, 0.25) is 0 Å². The number of rotatable bonds is 4. The number of aromatic nitrogens is 1. The van der Waals surface area contributed by atoms with Crippen molar-refractivity contribution in [3.8, 4) is 5.75 Å². The van der Waals surface area contributed by atoms with Crippen LogP contribution in [0.25, 0.3) is 10.2 Å². The highest BCUT2D eigenvalue weighted by Crippen LogP contribution is 2.31. The highest BCUT2D eigenvalue weighted by Gasteiger charge is 2.31. The highest BCUT2D eigenvalue weighted by atomic mass is 32.1. The number of benzene rings is 2. The average molecular weight is 393 g/mol. The molecule has 1 aromatic heterocycles. The minimum absolute atomic E-state index is 0.210. The first kappa shape index (κ1) is 17.9. The predicted octanol–water partition coefficient (Wildman–Crippen LogP) is 5.28. The number of para-hydroxylation sites is 1. The zero-order chi connectivity index (χ0) is 18.9. The van der Waals surface area contributed by atoms with Crippen LogP contribution in [0.3, 0.4) is 0 Å². The predicted molar refractivity (Wildman–Crippen MR) is 102 cm³/mol. The smallest absolute Gasteiger partial charge is 0.406 e. The number of alkyl halides is 3. The summed E-state index contributed by atoms with van der Waals surface area (Å²) in [5.41, 5.74) is 1.82. The summed E-state index contributed by atoms with van der Waals surface area (Å²) in [4.78, 5) is 7.00. The van der Waals surface area contributed by atoms with Gasteiger partial charge in [0.25, 0.3) is 0 Å². The second-order valence-corrected chi connectivity index (χ2v) is 7.45. The van der Waals surface area contributed by atoms with E-state index >= 15 is 0 Å². The monoisotopic (exact) mass is 393 g/mol. The third-order valence-corrected chi connectivity index (χ3v) is 5.60. The van der Waals surface area contributed by atoms with E-state index < -0.39 is 6.36 Å². The van der Waals surface area contributed by atoms with Crippen molar-refractivity contribution in [2.75, 3.05) is 23.3 Å². The van der Waals surface area contributed by atoms with Crippen molar-refractivity contribution in [2.45, 2.75) is 25.2 Å². The van der Waals surface area contributed by atoms with Crippen LogP contribution >= 0.6 is 11.3 Å². The number of ether oxygens (including phenoxy) is 1. The minimum Gasteiger partial charge on any atom is -0.406 e. The lowest BCUT2D eigenvalue weighted by Gasteiger charge is -2.32. The van der Waals surface area contributed by atoms with E-state index in [9.17, 15) is 13.2 Å². The number of hydrogen-bond donors (Lipinski definition) is 1. The topological polar surface area (TPSA) is 37.4 Å². The van der Waals surface area contributed by atoms with Crippen LogP contribution in [0.2, 0.25) is 0 Å². The average Bonchev–Trinajstić information content (AvgIpc) is 3.07. The van der Waals surface area contributed by atoms with E-state index in [1.165, 1.54) is 16.8 Å². The fourth-order valence-electron chi connectivity index (χ4n) is 3.20. The number of fused-ring (bicyclic) bond motifs is 1. The van der Waals surface area contributed by atoms with Gasteiger partial charge in [-0.3, -0.25) is 0 Å². The van der Waals surface area contributed by atoms with Crippen molar-refractivity contribution < 1.29 is 17.9 Å². The van der Waals surface area contributed by atoms with Crippen molar-refractivity contribution in [3.63, 3.8) is 0 Å². The maximum atomic E-state index is 12.2. The first-order valence-electron chi connectivity index (χ1n) is 8.69. The quantitative estimate of drug-likeness (QED) is 0.655. The molecule has 1 aliphatic heterocycles. The number of hydrogen-bond acceptors (Lipinski definition) is 5. The van der Waals surface area contributed by atoms with Gasteiger partial charge in [0, 0.05) is 24.8 Å². The van der Waals surface area contributed by atoms with Crippen LogP contribution in [0.4, 0.5) is 24.0 Å². The number of piperidine rings is 1. The molecular formula is C19H18F3N3OS. The van der Waals surface area contributed by atoms with Crippen LogP contribution in [-0.4, -0.2) is 30.5 Å². The van der Waals surface area contributed by atoms with Gasteiger partial charge < -0.3 is 15.0 Å². The zero-order valence-corrected chi connectivity index (χ0v) is 15.2. The van der Waals surface area contributed by atoms with Crippen molar-refractivity contribution in [1.29, 1.82) is 0 Å². The maximum Gasteiger partial charge on any atom is 0.573 e. The number of thiazole rings is 1. The van der Waals surface area contributed by atoms with E-state index in [2.05, 4.69) is 21.0 Å². The summed E-state index contributed by atoms with van der Waals surface area (Å²) in [5, 5.41) is 4.43. The number of anilines is 2. The van der Waals surface area contributed by atoms with E-state index in [-0.39, 0.29) is 11.8 Å². The van der Waals surface area contributed by atoms with Crippen LogP contribution in [0.5, 0.6) is 5.75 Å². The first-order valence-corrected chi connectivity index (χ1v) is 9.51. The summed E-state index contributed by atoms with van der Waals surface area (Å²) in [6.45, 7) is 1.79. The minimum atomic E-state index is -4.66. The molecule has 8 heteroatoms. The molecule has 27 heavy (non-hydrogen) atoms. The molecule has 1 aliphatic rings. The van der Waals surface area contributed by atoms with Gasteiger partial charge in [0.05, 0.1) is 10.2 Å². The SMILES string of the molecule is FC(F)(F)Oc1ccc(NC2CCN(c3nc4ccccc4s3)CC2)cc1. The molecule has 4 rings (SSSR count). The van der Waals surface area contributed by atoms with Crippen molar-refractivity contribution in [3.05, 3.63) is 48.5 Å². The van der Waals surface area contributed by atoms with Gasteiger partial charge >= 0.3 is 6.36 Å². The molecule has 1 N–H and O–H groups in total. The number of halogens is 3. The Kier molecular flexibility index (Phi) is 4.82. The van der Waals surface area contributed by atoms with Gasteiger partial charge in [0.1, 0.15) is 5.75 Å². The summed E-state index contributed by atoms with van der Waals surface area (Å²) in [6.07, 6.45) is -2.78. The van der Waals surface area contributed by atoms with Gasteiger partial charge in [-0.1, -0.05) is 23.5 Å². The Hall–Kier alpha value is -2.48. The lowest BCUT2D eigenvalue weighted by atomic mass is 10.1. The Bertz CT molecular complexity index is 869. The van der Waals surface area contributed by atoms with Crippen LogP contribution in [0.1, 0.15) is 12.8 Å². The largest absolute Gasteiger partial charge is 0.573 e. The third-order valence-electron chi connectivity index (χ3n) is 4.51. The molecule has 0 atom stereocenters. The first-order chi connectivity index (χ1) is 13.0. The van der Waals surface area contributed by atoms with Crippen molar-refractivity contribution in [2.24, 2.45) is 0 Å². The van der Waals surface area contributed by atoms with Gasteiger partial charge in [-0.05, 0) is 49.2 Å². The third kappa shape index (κ3) is 4.44. The van der Waals surface area contributed by atoms with Crippen LogP contribution in [-0.2, 0) is 0 Å². The molecule has 2 aromatic carbocycles. The highest BCUT2D eigenvalue weighted by molar-refractivity contribution is 7.22. The lowest BCUT2D eigenvalue weighted by Crippen LogP contribution is -2.39. The molecule has 4 nitrogen and oxygen atoms in total. The maximum absolute atomic E-state index is 12.2. The Labute approximate surface area is 158 Å². The lowest BCUT2D eigenvalue weighted by molar-refractivity contribution is -0.274. The standard InChI is InChI=1S/C19H18F3N3OS/c20-19(21,22)26-15-7-5-13(6-8-15)23-14-9-11-25(12-10-14)18-24-16-3-1-2-4-17(16)27-18/h1-8,14,23H,9-12H2. The fourth-order valence-corrected chi connectivity index (χ4v) is 4.22. The molecule has 1 fully saturated rings. The van der Waals surface area contributed by atoms with Gasteiger partial charge in [-0.2, -0.15) is 0 Å². The zero-order valence-electron chi connectivity index (χ0n) is 14.4. The van der Waals surface area contributed by atoms with E-state index in [4.69, 9.17) is 4.98 Å². The molecular weight excluding hydrogens is 375 g/mol. The molecule has 142 valence electrons. The molecule has 0 bridgehead atoms. The summed E-state index contributed by atoms with van der Waals surface area (Å²) in [5.74, 6) is -0.210. The van der Waals surface area contributed by atoms with Crippen molar-refractivity contribution in [1.82, 2.24) is 4.98 Å². The molecule has 0 aliphatic carbocycles. The Morgan fingerprint density at radius 3 is 2.41 bits per heavy atom. The normalized spacial score (nSPS) is 15.9. The molecule has 0 radical (unpaired) electrons. The van der Waals surface area contributed by atoms with Crippen LogP contribution in [0.15, 0.2) is 48.5 Å². The van der Waals surface area contributed by atoms with E-state index in [1.807, 2.05) is 18.2 Å². The Morgan fingerprint density at radius 2 is 1.74 bits per heavy atom. The molecule has 3 aromatic rings. The summed E-state index contributed by atoms with van der Waals surface area (Å²) >= 11 is 1.70. The Morgan fingerprint density at radius 1 is 1.04 bits per heavy atom. The van der Waals surface area contributed by atoms with Crippen molar-refractivity contribution >= 4 is 32.4 Å². The Balaban J connectivity index is 1.32. The number of nitrogens with one attached hydrogen (secondary N) is 1. The van der Waals surface area contributed by atoms with E-state index in [0.717, 1.165) is 42.3 Å². The molecule has 0 saturated carbocycles. The van der Waals surface area contributed by atoms with Crippen LogP contribution in [0, 0.1) is 0 Å². The summed E-state index contributed by atoms with van der Waals surface area (Å²) < 4.78 is 41.7. The molecule has 2 heterocycles. The second-order valence-electron chi connectivity index (χ2n) is 6.44. The fraction of sp³-hybridized carbons (Fsp3) is 0.316. The summed E-state index contributed by atoms with van der Waals surface area (Å²) in [6, 6.07) is 14.3. The van der Waals surface area contributed by atoms with Gasteiger partial charge in [-0.15, -0.1) is 13.2 Å². The second kappa shape index (κ2) is 7.26. The summed E-state index contributed by atoms with van der Waals surface area (Å²) in [7, 11) is 0. The molecule has 0 spiro atoms. The van der Waals surface area contributed by atoms with Gasteiger partial charge in [0.15, 0.2) is 5.13 Å². The molecule has 0 amide bonds. The van der Waals surface area contributed by atoms with E-state index in [1.54, 1.807) is 23.5 Å².